The Kier molecular flexibility index (Phi) is 9.86. The third-order valence-electron chi connectivity index (χ3n) is 7.83. The summed E-state index contributed by atoms with van der Waals surface area (Å²) >= 11 is 0. The molecular formula is C29H32F6N6O3. The standard InChI is InChI=1S/C29H32F6N6O3/c1-17(19-7-5-4-6-8-19)26(42)36-21-13-20(29(33,34)35)14-22(15-21)37-27(43)38-25-16-41(39-44-25)24-11-9-23(10-12-24)40(3)18(2)28(30,31)32/h4-8,13-18,23-24H,9-12H2,1-3H3,(H2-,36,37,38,39,42,43)/t17-,18?,23?,24?/m0/s1. The van der Waals surface area contributed by atoms with E-state index in [1.807, 2.05) is 0 Å². The smallest absolute Gasteiger partial charge is 0.416 e. The number of carbonyl (C=O) groups is 1. The first-order valence-electron chi connectivity index (χ1n) is 13.9. The van der Waals surface area contributed by atoms with Gasteiger partial charge in [0.1, 0.15) is 6.04 Å². The fourth-order valence-corrected chi connectivity index (χ4v) is 5.06. The van der Waals surface area contributed by atoms with Gasteiger partial charge in [0.05, 0.1) is 11.3 Å². The zero-order valence-electron chi connectivity index (χ0n) is 24.1. The number of alkyl halides is 6. The van der Waals surface area contributed by atoms with Crippen molar-refractivity contribution in [2.75, 3.05) is 17.7 Å². The van der Waals surface area contributed by atoms with E-state index in [-0.39, 0.29) is 29.3 Å². The number of hydrogen-bond acceptors (Lipinski definition) is 6. The minimum absolute atomic E-state index is 0.101. The molecule has 2 amide bonds. The third-order valence-corrected chi connectivity index (χ3v) is 7.83. The lowest BCUT2D eigenvalue weighted by Gasteiger charge is -2.36. The Morgan fingerprint density at radius 1 is 1.05 bits per heavy atom. The molecule has 3 aromatic rings. The van der Waals surface area contributed by atoms with Gasteiger partial charge < -0.3 is 10.4 Å². The number of carbonyl (C=O) groups excluding carboxylic acids is 1. The number of nitrogens with one attached hydrogen (secondary N) is 2. The third kappa shape index (κ3) is 8.27. The number of aliphatic imine (C=N–C) groups is 1. The van der Waals surface area contributed by atoms with Crippen LogP contribution in [0.2, 0.25) is 0 Å². The van der Waals surface area contributed by atoms with Gasteiger partial charge in [-0.2, -0.15) is 26.3 Å². The molecule has 1 heterocycles. The van der Waals surface area contributed by atoms with Gasteiger partial charge in [0.15, 0.2) is 6.04 Å². The van der Waals surface area contributed by atoms with E-state index in [2.05, 4.69) is 20.9 Å². The van der Waals surface area contributed by atoms with E-state index in [1.165, 1.54) is 22.8 Å². The number of benzene rings is 2. The molecule has 0 radical (unpaired) electrons. The summed E-state index contributed by atoms with van der Waals surface area (Å²) in [5, 5.41) is 21.2. The van der Waals surface area contributed by atoms with E-state index in [0.717, 1.165) is 13.0 Å². The van der Waals surface area contributed by atoms with Gasteiger partial charge >= 0.3 is 24.3 Å². The molecule has 0 saturated heterocycles. The van der Waals surface area contributed by atoms with E-state index in [1.54, 1.807) is 37.3 Å². The summed E-state index contributed by atoms with van der Waals surface area (Å²) in [6, 6.07) is 8.27. The minimum Gasteiger partial charge on any atom is -0.861 e. The van der Waals surface area contributed by atoms with Crippen LogP contribution in [0.3, 0.4) is 0 Å². The van der Waals surface area contributed by atoms with Crippen LogP contribution in [0.25, 0.3) is 0 Å². The molecular weight excluding hydrogens is 594 g/mol. The Morgan fingerprint density at radius 3 is 2.32 bits per heavy atom. The van der Waals surface area contributed by atoms with Crippen molar-refractivity contribution in [2.45, 2.75) is 75.9 Å². The van der Waals surface area contributed by atoms with Crippen molar-refractivity contribution in [3.8, 4) is 0 Å². The summed E-state index contributed by atoms with van der Waals surface area (Å²) in [4.78, 5) is 17.8. The predicted molar refractivity (Wildman–Crippen MR) is 147 cm³/mol. The maximum Gasteiger partial charge on any atom is 0.416 e. The highest BCUT2D eigenvalue weighted by atomic mass is 19.4. The number of amides is 2. The largest absolute Gasteiger partial charge is 0.861 e. The summed E-state index contributed by atoms with van der Waals surface area (Å²) < 4.78 is 86.7. The quantitative estimate of drug-likeness (QED) is 0.134. The molecule has 0 bridgehead atoms. The highest BCUT2D eigenvalue weighted by molar-refractivity contribution is 5.99. The molecule has 15 heteroatoms. The van der Waals surface area contributed by atoms with Crippen LogP contribution in [0.1, 0.15) is 62.6 Å². The maximum absolute atomic E-state index is 13.6. The Morgan fingerprint density at radius 2 is 1.70 bits per heavy atom. The summed E-state index contributed by atoms with van der Waals surface area (Å²) in [5.41, 5.74) is -1.02. The molecule has 0 aliphatic heterocycles. The van der Waals surface area contributed by atoms with Crippen LogP contribution in [0.4, 0.5) is 48.4 Å². The molecule has 2 atom stereocenters. The van der Waals surface area contributed by atoms with Crippen LogP contribution in [-0.4, -0.2) is 47.4 Å². The molecule has 0 spiro atoms. The second-order valence-corrected chi connectivity index (χ2v) is 10.8. The summed E-state index contributed by atoms with van der Waals surface area (Å²) in [7, 11) is 1.46. The molecule has 1 aromatic heterocycles. The van der Waals surface area contributed by atoms with E-state index in [4.69, 9.17) is 4.52 Å². The summed E-state index contributed by atoms with van der Waals surface area (Å²) in [6.07, 6.45) is -5.65. The Balaban J connectivity index is 1.40. The zero-order valence-corrected chi connectivity index (χ0v) is 24.1. The predicted octanol–water partition coefficient (Wildman–Crippen LogP) is 6.19. The highest BCUT2D eigenvalue weighted by Gasteiger charge is 2.42. The number of nitrogens with zero attached hydrogens (tertiary/aromatic N) is 4. The van der Waals surface area contributed by atoms with Gasteiger partial charge in [-0.05, 0) is 61.2 Å². The Labute approximate surface area is 249 Å². The maximum atomic E-state index is 13.6. The average Bonchev–Trinajstić information content (AvgIpc) is 3.43. The van der Waals surface area contributed by atoms with Crippen molar-refractivity contribution in [1.29, 1.82) is 0 Å². The topological polar surface area (TPSA) is 110 Å². The fraction of sp³-hybridized carbons (Fsp3) is 0.448. The lowest BCUT2D eigenvalue weighted by atomic mass is 9.90. The van der Waals surface area contributed by atoms with E-state index in [0.29, 0.717) is 43.4 Å². The van der Waals surface area contributed by atoms with Crippen LogP contribution in [-0.2, 0) is 6.18 Å². The second-order valence-electron chi connectivity index (χ2n) is 10.8. The average molecular weight is 627 g/mol. The molecule has 1 saturated carbocycles. The number of aromatic nitrogens is 2. The van der Waals surface area contributed by atoms with Crippen LogP contribution >= 0.6 is 0 Å². The van der Waals surface area contributed by atoms with Gasteiger partial charge in [-0.1, -0.05) is 37.3 Å². The normalized spacial score (nSPS) is 19.5. The molecule has 1 fully saturated rings. The number of rotatable bonds is 8. The molecule has 4 rings (SSSR count). The van der Waals surface area contributed by atoms with Crippen LogP contribution in [0, 0.1) is 0 Å². The first-order chi connectivity index (χ1) is 20.6. The van der Waals surface area contributed by atoms with E-state index < -0.39 is 41.8 Å². The number of urea groups is 1. The van der Waals surface area contributed by atoms with Crippen molar-refractivity contribution >= 4 is 29.2 Å². The summed E-state index contributed by atoms with van der Waals surface area (Å²) in [5.74, 6) is -1.47. The molecule has 2 N–H and O–H groups in total. The SMILES string of the molecule is CC(N(C)C1CCC([n+]2cc(NC(=O)Nc3cc(N=C([O-])[C@@H](C)c4ccccc4)cc(C(F)(F)F)c3)on2)CC1)C(F)(F)F. The molecule has 238 valence electrons. The van der Waals surface area contributed by atoms with Gasteiger partial charge in [-0.25, -0.2) is 4.79 Å². The minimum atomic E-state index is -4.78. The lowest BCUT2D eigenvalue weighted by Crippen LogP contribution is -2.50. The van der Waals surface area contributed by atoms with Gasteiger partial charge in [-0.15, -0.1) is 0 Å². The number of hydrogen-bond donors (Lipinski definition) is 2. The van der Waals surface area contributed by atoms with Crippen molar-refractivity contribution in [2.24, 2.45) is 4.99 Å². The lowest BCUT2D eigenvalue weighted by molar-refractivity contribution is -0.787. The zero-order chi connectivity index (χ0) is 32.2. The van der Waals surface area contributed by atoms with E-state index >= 15 is 0 Å². The molecule has 1 aliphatic carbocycles. The Hall–Kier alpha value is -4.14. The summed E-state index contributed by atoms with van der Waals surface area (Å²) in [6.45, 7) is 2.71. The number of halogens is 6. The monoisotopic (exact) mass is 626 g/mol. The van der Waals surface area contributed by atoms with E-state index in [9.17, 15) is 36.2 Å². The van der Waals surface area contributed by atoms with Gasteiger partial charge in [0, 0.05) is 30.5 Å². The first kappa shape index (κ1) is 32.8. The van der Waals surface area contributed by atoms with Crippen molar-refractivity contribution in [3.63, 3.8) is 0 Å². The van der Waals surface area contributed by atoms with Crippen LogP contribution < -0.4 is 20.4 Å². The number of anilines is 2. The molecule has 9 nitrogen and oxygen atoms in total. The Bertz CT molecular complexity index is 1450. The first-order valence-corrected chi connectivity index (χ1v) is 13.9. The highest BCUT2D eigenvalue weighted by Crippen LogP contribution is 2.35. The van der Waals surface area contributed by atoms with Crippen molar-refractivity contribution in [3.05, 3.63) is 65.9 Å². The molecule has 1 unspecified atom stereocenters. The van der Waals surface area contributed by atoms with Gasteiger partial charge in [0.2, 0.25) is 5.27 Å². The van der Waals surface area contributed by atoms with Crippen LogP contribution in [0.15, 0.2) is 64.2 Å². The molecule has 44 heavy (non-hydrogen) atoms. The van der Waals surface area contributed by atoms with Crippen LogP contribution in [0.5, 0.6) is 0 Å². The van der Waals surface area contributed by atoms with Gasteiger partial charge in [0.25, 0.3) is 6.20 Å². The van der Waals surface area contributed by atoms with Crippen molar-refractivity contribution in [1.82, 2.24) is 10.2 Å². The molecule has 1 aliphatic rings. The van der Waals surface area contributed by atoms with Gasteiger partial charge in [-0.3, -0.25) is 19.7 Å². The second kappa shape index (κ2) is 13.2. The molecule has 2 aromatic carbocycles. The fourth-order valence-electron chi connectivity index (χ4n) is 5.06. The van der Waals surface area contributed by atoms with Crippen molar-refractivity contribution < 1.29 is 45.4 Å².